The molecule has 0 amide bonds. The Morgan fingerprint density at radius 3 is 2.65 bits per heavy atom. The standard InChI is InChI=1S/C17H20BN2/c1-13-11-17(19(4)12-14(13)2)20-16-8-6-5-7-15(16)9-10-18(20)3/h5-12H,1-4H3/q+1. The molecule has 0 N–H and O–H groups in total. The first-order chi connectivity index (χ1) is 9.58. The predicted molar refractivity (Wildman–Crippen MR) is 86.3 cm³/mol. The van der Waals surface area contributed by atoms with E-state index in [-0.39, 0.29) is 0 Å². The number of pyridine rings is 1. The van der Waals surface area contributed by atoms with Crippen molar-refractivity contribution in [1.82, 2.24) is 0 Å². The van der Waals surface area contributed by atoms with Crippen molar-refractivity contribution in [3.63, 3.8) is 0 Å². The average Bonchev–Trinajstić information content (AvgIpc) is 2.43. The molecule has 1 aromatic heterocycles. The van der Waals surface area contributed by atoms with Crippen molar-refractivity contribution in [1.29, 1.82) is 0 Å². The Morgan fingerprint density at radius 2 is 1.85 bits per heavy atom. The van der Waals surface area contributed by atoms with Gasteiger partial charge in [0, 0.05) is 11.6 Å². The van der Waals surface area contributed by atoms with E-state index in [0.29, 0.717) is 6.85 Å². The van der Waals surface area contributed by atoms with Gasteiger partial charge in [0.1, 0.15) is 5.69 Å². The lowest BCUT2D eigenvalue weighted by Gasteiger charge is -2.26. The van der Waals surface area contributed by atoms with Crippen molar-refractivity contribution in [3.05, 3.63) is 59.2 Å². The van der Waals surface area contributed by atoms with Gasteiger partial charge in [0.05, 0.1) is 13.2 Å². The monoisotopic (exact) mass is 263 g/mol. The maximum atomic E-state index is 2.40. The molecule has 20 heavy (non-hydrogen) atoms. The Morgan fingerprint density at radius 1 is 1.10 bits per heavy atom. The van der Waals surface area contributed by atoms with E-state index in [1.807, 2.05) is 0 Å². The Bertz CT molecular complexity index is 691. The maximum absolute atomic E-state index is 2.40. The second-order valence-electron chi connectivity index (χ2n) is 5.64. The maximum Gasteiger partial charge on any atom is 0.402 e. The van der Waals surface area contributed by atoms with Crippen LogP contribution in [0.2, 0.25) is 6.82 Å². The van der Waals surface area contributed by atoms with Gasteiger partial charge in [-0.05, 0) is 37.9 Å². The quantitative estimate of drug-likeness (QED) is 0.564. The summed E-state index contributed by atoms with van der Waals surface area (Å²) in [6.45, 7) is 6.93. The van der Waals surface area contributed by atoms with Gasteiger partial charge in [-0.15, -0.1) is 0 Å². The molecule has 1 aliphatic heterocycles. The number of hydrogen-bond donors (Lipinski definition) is 0. The van der Waals surface area contributed by atoms with Crippen molar-refractivity contribution in [2.24, 2.45) is 7.05 Å². The van der Waals surface area contributed by atoms with Gasteiger partial charge in [-0.25, -0.2) is 4.57 Å². The smallest absolute Gasteiger partial charge is 0.287 e. The van der Waals surface area contributed by atoms with Crippen LogP contribution in [0.25, 0.3) is 6.08 Å². The molecule has 0 bridgehead atoms. The van der Waals surface area contributed by atoms with E-state index in [9.17, 15) is 0 Å². The van der Waals surface area contributed by atoms with Gasteiger partial charge in [-0.1, -0.05) is 30.3 Å². The Balaban J connectivity index is 2.19. The zero-order valence-corrected chi connectivity index (χ0v) is 12.6. The summed E-state index contributed by atoms with van der Waals surface area (Å²) in [4.78, 5) is 2.40. The molecule has 0 aliphatic carbocycles. The van der Waals surface area contributed by atoms with Crippen LogP contribution in [-0.4, -0.2) is 6.85 Å². The molecule has 0 fully saturated rings. The molecule has 0 atom stereocenters. The summed E-state index contributed by atoms with van der Waals surface area (Å²) in [6, 6.07) is 10.9. The Kier molecular flexibility index (Phi) is 3.13. The zero-order valence-electron chi connectivity index (χ0n) is 12.6. The van der Waals surface area contributed by atoms with Gasteiger partial charge in [-0.3, -0.25) is 4.81 Å². The summed E-state index contributed by atoms with van der Waals surface area (Å²) in [7, 11) is 2.12. The summed E-state index contributed by atoms with van der Waals surface area (Å²) in [6.07, 6.45) is 4.43. The van der Waals surface area contributed by atoms with Crippen LogP contribution in [0.3, 0.4) is 0 Å². The van der Waals surface area contributed by atoms with Gasteiger partial charge < -0.3 is 0 Å². The predicted octanol–water partition coefficient (Wildman–Crippen LogP) is 3.45. The summed E-state index contributed by atoms with van der Waals surface area (Å²) in [5.41, 5.74) is 5.22. The highest BCUT2D eigenvalue weighted by atomic mass is 15.2. The molecule has 0 radical (unpaired) electrons. The highest BCUT2D eigenvalue weighted by molar-refractivity contribution is 6.69. The summed E-state index contributed by atoms with van der Waals surface area (Å²) < 4.78 is 2.22. The van der Waals surface area contributed by atoms with E-state index in [1.165, 1.54) is 28.2 Å². The third kappa shape index (κ3) is 2.03. The lowest BCUT2D eigenvalue weighted by Crippen LogP contribution is -2.43. The number of para-hydroxylation sites is 1. The molecule has 1 aromatic carbocycles. The summed E-state index contributed by atoms with van der Waals surface area (Å²) >= 11 is 0. The molecule has 0 saturated heterocycles. The van der Waals surface area contributed by atoms with E-state index in [0.717, 1.165) is 0 Å². The highest BCUT2D eigenvalue weighted by Gasteiger charge is 2.32. The van der Waals surface area contributed by atoms with Crippen LogP contribution in [0.4, 0.5) is 11.5 Å². The van der Waals surface area contributed by atoms with Crippen molar-refractivity contribution in [2.75, 3.05) is 4.81 Å². The number of aromatic nitrogens is 1. The van der Waals surface area contributed by atoms with Crippen LogP contribution in [0.5, 0.6) is 0 Å². The molecular formula is C17H20BN2+. The van der Waals surface area contributed by atoms with E-state index in [1.54, 1.807) is 0 Å². The topological polar surface area (TPSA) is 7.12 Å². The number of fused-ring (bicyclic) bond motifs is 1. The van der Waals surface area contributed by atoms with Crippen LogP contribution >= 0.6 is 0 Å². The second kappa shape index (κ2) is 4.82. The average molecular weight is 263 g/mol. The van der Waals surface area contributed by atoms with E-state index in [2.05, 4.69) is 85.7 Å². The lowest BCUT2D eigenvalue weighted by molar-refractivity contribution is -0.658. The van der Waals surface area contributed by atoms with Crippen LogP contribution < -0.4 is 9.38 Å². The first kappa shape index (κ1) is 13.0. The Hall–Kier alpha value is -2.03. The highest BCUT2D eigenvalue weighted by Crippen LogP contribution is 2.32. The number of benzene rings is 1. The van der Waals surface area contributed by atoms with Crippen molar-refractivity contribution >= 4 is 24.4 Å². The van der Waals surface area contributed by atoms with Crippen LogP contribution in [-0.2, 0) is 7.05 Å². The fourth-order valence-electron chi connectivity index (χ4n) is 2.84. The number of rotatable bonds is 1. The van der Waals surface area contributed by atoms with Crippen LogP contribution in [0.1, 0.15) is 16.7 Å². The van der Waals surface area contributed by atoms with Crippen molar-refractivity contribution in [2.45, 2.75) is 20.7 Å². The molecule has 100 valence electrons. The molecule has 2 nitrogen and oxygen atoms in total. The number of aryl methyl sites for hydroxylation is 3. The molecule has 0 unspecified atom stereocenters. The van der Waals surface area contributed by atoms with Crippen LogP contribution in [0, 0.1) is 13.8 Å². The largest absolute Gasteiger partial charge is 0.402 e. The van der Waals surface area contributed by atoms with Crippen molar-refractivity contribution in [3.8, 4) is 0 Å². The lowest BCUT2D eigenvalue weighted by atomic mass is 9.60. The van der Waals surface area contributed by atoms with E-state index >= 15 is 0 Å². The number of hydrogen-bond acceptors (Lipinski definition) is 1. The molecule has 0 spiro atoms. The summed E-state index contributed by atoms with van der Waals surface area (Å²) in [5, 5.41) is 0. The van der Waals surface area contributed by atoms with Crippen molar-refractivity contribution < 1.29 is 4.57 Å². The minimum atomic E-state index is 0.359. The second-order valence-corrected chi connectivity index (χ2v) is 5.64. The number of anilines is 2. The van der Waals surface area contributed by atoms with E-state index < -0.39 is 0 Å². The minimum absolute atomic E-state index is 0.359. The first-order valence-corrected chi connectivity index (χ1v) is 7.11. The van der Waals surface area contributed by atoms with E-state index in [4.69, 9.17) is 0 Å². The van der Waals surface area contributed by atoms with Gasteiger partial charge in [0.25, 0.3) is 5.82 Å². The van der Waals surface area contributed by atoms with Gasteiger partial charge in [0.15, 0.2) is 0 Å². The molecule has 3 heteroatoms. The molecule has 2 heterocycles. The molecule has 2 aromatic rings. The van der Waals surface area contributed by atoms with Gasteiger partial charge in [0.2, 0.25) is 0 Å². The molecule has 3 rings (SSSR count). The Labute approximate surface area is 121 Å². The zero-order chi connectivity index (χ0) is 14.3. The van der Waals surface area contributed by atoms with Crippen LogP contribution in [0.15, 0.2) is 42.5 Å². The fourth-order valence-corrected chi connectivity index (χ4v) is 2.84. The third-order valence-electron chi connectivity index (χ3n) is 4.12. The SMILES string of the molecule is CB1C=Cc2ccccc2N1c1cc(C)c(C)c[n+]1C. The molecule has 1 aliphatic rings. The van der Waals surface area contributed by atoms with Gasteiger partial charge >= 0.3 is 6.85 Å². The normalized spacial score (nSPS) is 13.6. The first-order valence-electron chi connectivity index (χ1n) is 7.11. The third-order valence-corrected chi connectivity index (χ3v) is 4.12. The minimum Gasteiger partial charge on any atom is -0.287 e. The molecule has 0 saturated carbocycles. The molecular weight excluding hydrogens is 243 g/mol. The summed E-state index contributed by atoms with van der Waals surface area (Å²) in [5.74, 6) is 3.50. The number of nitrogens with zero attached hydrogens (tertiary/aromatic N) is 2. The van der Waals surface area contributed by atoms with Gasteiger partial charge in [-0.2, -0.15) is 0 Å². The fraction of sp³-hybridized carbons (Fsp3) is 0.235.